The van der Waals surface area contributed by atoms with Gasteiger partial charge in [-0.3, -0.25) is 0 Å². The van der Waals surface area contributed by atoms with Crippen molar-refractivity contribution in [2.45, 2.75) is 58.2 Å². The van der Waals surface area contributed by atoms with Gasteiger partial charge in [-0.05, 0) is 62.1 Å². The number of ether oxygens (including phenoxy) is 1. The molecule has 3 rings (SSSR count). The number of hydrogen-bond acceptors (Lipinski definition) is 2. The fourth-order valence-corrected chi connectivity index (χ4v) is 3.29. The number of hydrogen-bond donors (Lipinski definition) is 2. The van der Waals surface area contributed by atoms with Crippen LogP contribution in [0, 0.1) is 19.8 Å². The van der Waals surface area contributed by atoms with Crippen molar-refractivity contribution in [2.75, 3.05) is 6.61 Å². The smallest absolute Gasteiger partial charge is 0.315 e. The number of amides is 2. The largest absolute Gasteiger partial charge is 0.378 e. The molecule has 1 aliphatic heterocycles. The van der Waals surface area contributed by atoms with E-state index in [-0.39, 0.29) is 12.1 Å². The summed E-state index contributed by atoms with van der Waals surface area (Å²) >= 11 is 0. The molecular weight excluding hydrogens is 276 g/mol. The number of carbonyl (C=O) groups excluding carboxylic acids is 1. The molecule has 2 fully saturated rings. The van der Waals surface area contributed by atoms with Gasteiger partial charge in [0.15, 0.2) is 0 Å². The molecule has 0 unspecified atom stereocenters. The summed E-state index contributed by atoms with van der Waals surface area (Å²) in [6, 6.07) is 6.40. The Morgan fingerprint density at radius 2 is 1.95 bits per heavy atom. The number of aryl methyl sites for hydroxylation is 2. The molecular formula is C18H26N2O2. The van der Waals surface area contributed by atoms with Crippen molar-refractivity contribution < 1.29 is 9.53 Å². The molecule has 1 aromatic carbocycles. The van der Waals surface area contributed by atoms with Crippen molar-refractivity contribution >= 4 is 6.03 Å². The van der Waals surface area contributed by atoms with Gasteiger partial charge in [0.1, 0.15) is 0 Å². The monoisotopic (exact) mass is 302 g/mol. The van der Waals surface area contributed by atoms with E-state index >= 15 is 0 Å². The molecule has 0 bridgehead atoms. The Hall–Kier alpha value is -1.55. The summed E-state index contributed by atoms with van der Waals surface area (Å²) in [7, 11) is 0. The van der Waals surface area contributed by atoms with E-state index in [1.54, 1.807) is 0 Å². The molecule has 2 N–H and O–H groups in total. The van der Waals surface area contributed by atoms with Crippen LogP contribution in [0.4, 0.5) is 4.79 Å². The molecule has 0 radical (unpaired) electrons. The minimum Gasteiger partial charge on any atom is -0.378 e. The van der Waals surface area contributed by atoms with Crippen LogP contribution in [0.25, 0.3) is 0 Å². The Labute approximate surface area is 132 Å². The lowest BCUT2D eigenvalue weighted by molar-refractivity contribution is -0.00914. The van der Waals surface area contributed by atoms with Crippen LogP contribution in [0.15, 0.2) is 18.2 Å². The SMILES string of the molecule is Cc1cccc(C)c1CNC(=O)N[C@H]1CCO[C@@H](C2CC2)C1. The quantitative estimate of drug-likeness (QED) is 0.898. The lowest BCUT2D eigenvalue weighted by atomic mass is 10.0. The van der Waals surface area contributed by atoms with Crippen LogP contribution in [-0.2, 0) is 11.3 Å². The summed E-state index contributed by atoms with van der Waals surface area (Å²) in [5.41, 5.74) is 3.65. The third-order valence-corrected chi connectivity index (χ3v) is 4.87. The van der Waals surface area contributed by atoms with E-state index in [2.05, 4.69) is 36.6 Å². The van der Waals surface area contributed by atoms with E-state index in [1.807, 2.05) is 6.07 Å². The van der Waals surface area contributed by atoms with Gasteiger partial charge < -0.3 is 15.4 Å². The average Bonchev–Trinajstić information content (AvgIpc) is 3.31. The van der Waals surface area contributed by atoms with Gasteiger partial charge in [-0.1, -0.05) is 18.2 Å². The van der Waals surface area contributed by atoms with Gasteiger partial charge in [0, 0.05) is 19.2 Å². The highest BCUT2D eigenvalue weighted by Gasteiger charge is 2.36. The second-order valence-corrected chi connectivity index (χ2v) is 6.67. The van der Waals surface area contributed by atoms with Crippen LogP contribution in [0.2, 0.25) is 0 Å². The summed E-state index contributed by atoms with van der Waals surface area (Å²) in [6.45, 7) is 5.52. The Kier molecular flexibility index (Phi) is 4.67. The molecule has 1 heterocycles. The number of urea groups is 1. The molecule has 1 aromatic rings. The second-order valence-electron chi connectivity index (χ2n) is 6.67. The van der Waals surface area contributed by atoms with E-state index in [0.29, 0.717) is 12.6 Å². The molecule has 120 valence electrons. The fourth-order valence-electron chi connectivity index (χ4n) is 3.29. The Morgan fingerprint density at radius 3 is 2.64 bits per heavy atom. The van der Waals surface area contributed by atoms with E-state index in [9.17, 15) is 4.79 Å². The van der Waals surface area contributed by atoms with Gasteiger partial charge in [0.25, 0.3) is 0 Å². The lowest BCUT2D eigenvalue weighted by Gasteiger charge is -2.30. The minimum atomic E-state index is -0.0656. The zero-order chi connectivity index (χ0) is 15.5. The molecule has 1 aliphatic carbocycles. The molecule has 2 aliphatic rings. The van der Waals surface area contributed by atoms with Crippen LogP contribution in [0.5, 0.6) is 0 Å². The summed E-state index contributed by atoms with van der Waals surface area (Å²) in [4.78, 5) is 12.1. The van der Waals surface area contributed by atoms with Gasteiger partial charge in [0.05, 0.1) is 6.10 Å². The molecule has 2 amide bonds. The topological polar surface area (TPSA) is 50.4 Å². The zero-order valence-corrected chi connectivity index (χ0v) is 13.5. The van der Waals surface area contributed by atoms with Crippen molar-refractivity contribution in [3.05, 3.63) is 34.9 Å². The molecule has 22 heavy (non-hydrogen) atoms. The first-order valence-corrected chi connectivity index (χ1v) is 8.34. The van der Waals surface area contributed by atoms with E-state index in [0.717, 1.165) is 25.4 Å². The van der Waals surface area contributed by atoms with Crippen LogP contribution in [0.3, 0.4) is 0 Å². The molecule has 1 saturated heterocycles. The number of carbonyl (C=O) groups is 1. The standard InChI is InChI=1S/C18H26N2O2/c1-12-4-3-5-13(2)16(12)11-19-18(21)20-15-8-9-22-17(10-15)14-6-7-14/h3-5,14-15,17H,6-11H2,1-2H3,(H2,19,20,21)/t15-,17+/m0/s1. The molecule has 0 spiro atoms. The molecule has 4 nitrogen and oxygen atoms in total. The van der Waals surface area contributed by atoms with Gasteiger partial charge >= 0.3 is 6.03 Å². The highest BCUT2D eigenvalue weighted by atomic mass is 16.5. The van der Waals surface area contributed by atoms with Gasteiger partial charge in [-0.15, -0.1) is 0 Å². The Bertz CT molecular complexity index is 520. The number of benzene rings is 1. The predicted octanol–water partition coefficient (Wildman–Crippen LogP) is 3.06. The zero-order valence-electron chi connectivity index (χ0n) is 13.5. The average molecular weight is 302 g/mol. The van der Waals surface area contributed by atoms with Crippen molar-refractivity contribution in [1.82, 2.24) is 10.6 Å². The van der Waals surface area contributed by atoms with Gasteiger partial charge in [-0.2, -0.15) is 0 Å². The van der Waals surface area contributed by atoms with Crippen LogP contribution < -0.4 is 10.6 Å². The summed E-state index contributed by atoms with van der Waals surface area (Å²) < 4.78 is 5.80. The highest BCUT2D eigenvalue weighted by Crippen LogP contribution is 2.38. The highest BCUT2D eigenvalue weighted by molar-refractivity contribution is 5.74. The van der Waals surface area contributed by atoms with Crippen LogP contribution in [0.1, 0.15) is 42.4 Å². The number of rotatable bonds is 4. The van der Waals surface area contributed by atoms with Crippen molar-refractivity contribution in [2.24, 2.45) is 5.92 Å². The van der Waals surface area contributed by atoms with Crippen LogP contribution in [-0.4, -0.2) is 24.8 Å². The van der Waals surface area contributed by atoms with Crippen molar-refractivity contribution in [1.29, 1.82) is 0 Å². The van der Waals surface area contributed by atoms with Gasteiger partial charge in [-0.25, -0.2) is 4.79 Å². The van der Waals surface area contributed by atoms with E-state index in [4.69, 9.17) is 4.74 Å². The van der Waals surface area contributed by atoms with E-state index in [1.165, 1.54) is 29.5 Å². The third kappa shape index (κ3) is 3.80. The van der Waals surface area contributed by atoms with Crippen LogP contribution >= 0.6 is 0 Å². The molecule has 1 saturated carbocycles. The van der Waals surface area contributed by atoms with E-state index < -0.39 is 0 Å². The fraction of sp³-hybridized carbons (Fsp3) is 0.611. The van der Waals surface area contributed by atoms with Crippen molar-refractivity contribution in [3.63, 3.8) is 0 Å². The Morgan fingerprint density at radius 1 is 1.23 bits per heavy atom. The minimum absolute atomic E-state index is 0.0656. The van der Waals surface area contributed by atoms with Crippen molar-refractivity contribution in [3.8, 4) is 0 Å². The maximum atomic E-state index is 12.1. The number of nitrogens with one attached hydrogen (secondary N) is 2. The molecule has 0 aromatic heterocycles. The first-order chi connectivity index (χ1) is 10.6. The lowest BCUT2D eigenvalue weighted by Crippen LogP contribution is -2.46. The maximum Gasteiger partial charge on any atom is 0.315 e. The van der Waals surface area contributed by atoms with Gasteiger partial charge in [0.2, 0.25) is 0 Å². The molecule has 4 heteroatoms. The first-order valence-electron chi connectivity index (χ1n) is 8.34. The Balaban J connectivity index is 1.48. The third-order valence-electron chi connectivity index (χ3n) is 4.87. The normalized spacial score (nSPS) is 24.8. The first kappa shape index (κ1) is 15.3. The second kappa shape index (κ2) is 6.69. The molecule has 2 atom stereocenters. The maximum absolute atomic E-state index is 12.1. The summed E-state index contributed by atoms with van der Waals surface area (Å²) in [5, 5.41) is 6.11. The summed E-state index contributed by atoms with van der Waals surface area (Å²) in [6.07, 6.45) is 4.81. The summed E-state index contributed by atoms with van der Waals surface area (Å²) in [5.74, 6) is 0.738. The predicted molar refractivity (Wildman–Crippen MR) is 86.8 cm³/mol.